The number of sulfonamides is 1. The molecule has 0 aliphatic heterocycles. The molecule has 2 N–H and O–H groups in total. The van der Waals surface area contributed by atoms with Gasteiger partial charge in [-0.25, -0.2) is 17.6 Å². The van der Waals surface area contributed by atoms with E-state index >= 15 is 0 Å². The van der Waals surface area contributed by atoms with Crippen LogP contribution in [0.15, 0.2) is 47.4 Å². The summed E-state index contributed by atoms with van der Waals surface area (Å²) in [6.07, 6.45) is 0. The summed E-state index contributed by atoms with van der Waals surface area (Å²) in [5.41, 5.74) is -0.158. The van der Waals surface area contributed by atoms with Crippen molar-refractivity contribution in [2.45, 2.75) is 4.90 Å². The Labute approximate surface area is 125 Å². The lowest BCUT2D eigenvalue weighted by Gasteiger charge is -2.09. The van der Waals surface area contributed by atoms with Gasteiger partial charge in [0.1, 0.15) is 5.82 Å². The van der Waals surface area contributed by atoms with Crippen LogP contribution in [0.25, 0.3) is 0 Å². The molecule has 0 fully saturated rings. The van der Waals surface area contributed by atoms with E-state index in [1.54, 1.807) is 0 Å². The molecular formula is C13H9ClFNO4S. The Balaban J connectivity index is 2.36. The molecule has 0 spiro atoms. The molecule has 21 heavy (non-hydrogen) atoms. The Bertz CT molecular complexity index is 808. The second-order valence-corrected chi connectivity index (χ2v) is 6.15. The van der Waals surface area contributed by atoms with Gasteiger partial charge in [0.2, 0.25) is 0 Å². The van der Waals surface area contributed by atoms with Crippen molar-refractivity contribution >= 4 is 33.3 Å². The van der Waals surface area contributed by atoms with Crippen LogP contribution in [0.2, 0.25) is 5.02 Å². The fourth-order valence-electron chi connectivity index (χ4n) is 1.60. The minimum atomic E-state index is -3.99. The van der Waals surface area contributed by atoms with Gasteiger partial charge in [0.25, 0.3) is 10.0 Å². The van der Waals surface area contributed by atoms with Gasteiger partial charge < -0.3 is 5.11 Å². The first-order chi connectivity index (χ1) is 9.79. The van der Waals surface area contributed by atoms with Crippen LogP contribution in [0.3, 0.4) is 0 Å². The molecule has 8 heteroatoms. The van der Waals surface area contributed by atoms with Crippen LogP contribution in [0, 0.1) is 5.82 Å². The minimum absolute atomic E-state index is 0.0495. The maximum Gasteiger partial charge on any atom is 0.337 e. The monoisotopic (exact) mass is 329 g/mol. The van der Waals surface area contributed by atoms with Crippen molar-refractivity contribution in [3.05, 3.63) is 58.9 Å². The number of hydrogen-bond donors (Lipinski definition) is 2. The third kappa shape index (κ3) is 3.50. The predicted molar refractivity (Wildman–Crippen MR) is 75.6 cm³/mol. The summed E-state index contributed by atoms with van der Waals surface area (Å²) < 4.78 is 39.4. The van der Waals surface area contributed by atoms with Gasteiger partial charge in [0.15, 0.2) is 0 Å². The van der Waals surface area contributed by atoms with Crippen LogP contribution in [0.5, 0.6) is 0 Å². The van der Waals surface area contributed by atoms with Crippen molar-refractivity contribution in [3.8, 4) is 0 Å². The van der Waals surface area contributed by atoms with E-state index in [1.165, 1.54) is 18.2 Å². The summed E-state index contributed by atoms with van der Waals surface area (Å²) in [7, 11) is -3.99. The van der Waals surface area contributed by atoms with E-state index in [9.17, 15) is 17.6 Å². The number of nitrogens with one attached hydrogen (secondary N) is 1. The maximum atomic E-state index is 13.0. The van der Waals surface area contributed by atoms with E-state index in [0.717, 1.165) is 24.3 Å². The van der Waals surface area contributed by atoms with E-state index in [4.69, 9.17) is 16.7 Å². The van der Waals surface area contributed by atoms with Crippen LogP contribution < -0.4 is 4.72 Å². The second-order valence-electron chi connectivity index (χ2n) is 4.06. The summed E-state index contributed by atoms with van der Waals surface area (Å²) in [6, 6.07) is 8.15. The highest BCUT2D eigenvalue weighted by Gasteiger charge is 2.18. The molecule has 0 bridgehead atoms. The maximum absolute atomic E-state index is 13.0. The number of carboxylic acid groups (broad SMARTS) is 1. The van der Waals surface area contributed by atoms with Crippen LogP contribution in [0.1, 0.15) is 10.4 Å². The molecule has 110 valence electrons. The van der Waals surface area contributed by atoms with Gasteiger partial charge in [-0.2, -0.15) is 0 Å². The number of halogens is 2. The molecule has 5 nitrogen and oxygen atoms in total. The molecule has 0 aliphatic carbocycles. The molecule has 0 saturated carbocycles. The standard InChI is InChI=1S/C13H9ClFNO4S/c14-12-7-10(4-5-11(12)13(17)18)21(19,20)16-9-3-1-2-8(15)6-9/h1-7,16H,(H,17,18). The van der Waals surface area contributed by atoms with Gasteiger partial charge in [-0.15, -0.1) is 0 Å². The molecule has 0 aliphatic rings. The number of carbonyl (C=O) groups is 1. The number of carboxylic acids is 1. The minimum Gasteiger partial charge on any atom is -0.478 e. The first kappa shape index (κ1) is 15.3. The van der Waals surface area contributed by atoms with Crippen LogP contribution in [0.4, 0.5) is 10.1 Å². The molecule has 0 radical (unpaired) electrons. The van der Waals surface area contributed by atoms with Crippen LogP contribution >= 0.6 is 11.6 Å². The van der Waals surface area contributed by atoms with Crippen molar-refractivity contribution in [2.24, 2.45) is 0 Å². The fourth-order valence-corrected chi connectivity index (χ4v) is 3.00. The van der Waals surface area contributed by atoms with E-state index in [2.05, 4.69) is 4.72 Å². The summed E-state index contributed by atoms with van der Waals surface area (Å²) in [5.74, 6) is -1.85. The lowest BCUT2D eigenvalue weighted by Crippen LogP contribution is -2.13. The highest BCUT2D eigenvalue weighted by Crippen LogP contribution is 2.23. The average Bonchev–Trinajstić information content (AvgIpc) is 2.37. The molecule has 0 heterocycles. The summed E-state index contributed by atoms with van der Waals surface area (Å²) in [5, 5.41) is 8.63. The van der Waals surface area contributed by atoms with Crippen molar-refractivity contribution in [2.75, 3.05) is 4.72 Å². The quantitative estimate of drug-likeness (QED) is 0.903. The second kappa shape index (κ2) is 5.71. The first-order valence-electron chi connectivity index (χ1n) is 5.61. The lowest BCUT2D eigenvalue weighted by molar-refractivity contribution is 0.0697. The van der Waals surface area contributed by atoms with E-state index in [1.807, 2.05) is 0 Å². The number of aromatic carboxylic acids is 1. The third-order valence-electron chi connectivity index (χ3n) is 2.56. The Morgan fingerprint density at radius 3 is 2.48 bits per heavy atom. The molecule has 2 rings (SSSR count). The number of anilines is 1. The highest BCUT2D eigenvalue weighted by atomic mass is 35.5. The SMILES string of the molecule is O=C(O)c1ccc(S(=O)(=O)Nc2cccc(F)c2)cc1Cl. The Kier molecular flexibility index (Phi) is 4.15. The zero-order valence-electron chi connectivity index (χ0n) is 10.4. The summed E-state index contributed by atoms with van der Waals surface area (Å²) in [6.45, 7) is 0. The largest absolute Gasteiger partial charge is 0.478 e. The van der Waals surface area contributed by atoms with Gasteiger partial charge in [-0.1, -0.05) is 17.7 Å². The number of benzene rings is 2. The first-order valence-corrected chi connectivity index (χ1v) is 7.47. The zero-order chi connectivity index (χ0) is 15.6. The lowest BCUT2D eigenvalue weighted by atomic mass is 10.2. The fraction of sp³-hybridized carbons (Fsp3) is 0. The molecular weight excluding hydrogens is 321 g/mol. The zero-order valence-corrected chi connectivity index (χ0v) is 12.0. The van der Waals surface area contributed by atoms with E-state index in [0.29, 0.717) is 0 Å². The molecule has 2 aromatic rings. The topological polar surface area (TPSA) is 83.5 Å². The highest BCUT2D eigenvalue weighted by molar-refractivity contribution is 7.92. The van der Waals surface area contributed by atoms with Crippen molar-refractivity contribution in [1.82, 2.24) is 0 Å². The Morgan fingerprint density at radius 2 is 1.90 bits per heavy atom. The van der Waals surface area contributed by atoms with Gasteiger partial charge in [0, 0.05) is 0 Å². The van der Waals surface area contributed by atoms with Crippen molar-refractivity contribution in [1.29, 1.82) is 0 Å². The molecule has 0 saturated heterocycles. The van der Waals surface area contributed by atoms with Gasteiger partial charge in [0.05, 0.1) is 21.2 Å². The van der Waals surface area contributed by atoms with Crippen molar-refractivity contribution in [3.63, 3.8) is 0 Å². The predicted octanol–water partition coefficient (Wildman–Crippen LogP) is 2.98. The average molecular weight is 330 g/mol. The molecule has 2 aromatic carbocycles. The Hall–Kier alpha value is -2.12. The molecule has 0 aromatic heterocycles. The molecule has 0 amide bonds. The van der Waals surface area contributed by atoms with Crippen molar-refractivity contribution < 1.29 is 22.7 Å². The van der Waals surface area contributed by atoms with Crippen LogP contribution in [-0.2, 0) is 10.0 Å². The summed E-state index contributed by atoms with van der Waals surface area (Å²) in [4.78, 5) is 10.6. The normalized spacial score (nSPS) is 11.1. The van der Waals surface area contributed by atoms with Gasteiger partial charge >= 0.3 is 5.97 Å². The van der Waals surface area contributed by atoms with Gasteiger partial charge in [-0.05, 0) is 36.4 Å². The summed E-state index contributed by atoms with van der Waals surface area (Å²) >= 11 is 5.73. The smallest absolute Gasteiger partial charge is 0.337 e. The molecule has 0 unspecified atom stereocenters. The third-order valence-corrected chi connectivity index (χ3v) is 4.25. The van der Waals surface area contributed by atoms with Crippen LogP contribution in [-0.4, -0.2) is 19.5 Å². The van der Waals surface area contributed by atoms with Gasteiger partial charge in [-0.3, -0.25) is 4.72 Å². The van der Waals surface area contributed by atoms with E-state index < -0.39 is 21.8 Å². The molecule has 0 atom stereocenters. The Morgan fingerprint density at radius 1 is 1.19 bits per heavy atom. The number of rotatable bonds is 4. The number of hydrogen-bond acceptors (Lipinski definition) is 3. The van der Waals surface area contributed by atoms with E-state index in [-0.39, 0.29) is 21.2 Å².